The first-order valence-corrected chi connectivity index (χ1v) is 7.63. The molecule has 0 radical (unpaired) electrons. The van der Waals surface area contributed by atoms with Crippen molar-refractivity contribution in [2.45, 2.75) is 0 Å². The molecule has 0 unspecified atom stereocenters. The van der Waals surface area contributed by atoms with Gasteiger partial charge in [-0.15, -0.1) is 0 Å². The highest BCUT2D eigenvalue weighted by molar-refractivity contribution is 6.34. The predicted molar refractivity (Wildman–Crippen MR) is 90.9 cm³/mol. The molecule has 4 aromatic rings. The number of aromatic amines is 1. The van der Waals surface area contributed by atoms with E-state index < -0.39 is 17.4 Å². The summed E-state index contributed by atoms with van der Waals surface area (Å²) in [5.41, 5.74) is 1.56. The fourth-order valence-corrected chi connectivity index (χ4v) is 3.23. The molecule has 3 heterocycles. The lowest BCUT2D eigenvalue weighted by Gasteiger charge is -2.15. The van der Waals surface area contributed by atoms with Gasteiger partial charge in [-0.05, 0) is 24.3 Å². The molecule has 0 atom stereocenters. The summed E-state index contributed by atoms with van der Waals surface area (Å²) in [4.78, 5) is 45.7. The van der Waals surface area contributed by atoms with E-state index >= 15 is 0 Å². The van der Waals surface area contributed by atoms with Gasteiger partial charge in [0, 0.05) is 6.07 Å². The highest BCUT2D eigenvalue weighted by Gasteiger charge is 2.38. The highest BCUT2D eigenvalue weighted by Crippen LogP contribution is 2.29. The Balaban J connectivity index is 1.86. The molecule has 2 amide bonds. The summed E-state index contributed by atoms with van der Waals surface area (Å²) in [5.74, 6) is -0.450. The SMILES string of the molecule is O=C1c2ccccc2C(=O)N1c1cc(=O)[nH]c2nc3ccccc3n12. The minimum Gasteiger partial charge on any atom is -0.292 e. The van der Waals surface area contributed by atoms with E-state index in [1.54, 1.807) is 34.7 Å². The average molecular weight is 330 g/mol. The molecule has 25 heavy (non-hydrogen) atoms. The summed E-state index contributed by atoms with van der Waals surface area (Å²) >= 11 is 0. The zero-order valence-corrected chi connectivity index (χ0v) is 12.8. The third kappa shape index (κ3) is 1.74. The van der Waals surface area contributed by atoms with E-state index in [1.165, 1.54) is 6.07 Å². The second-order valence-electron chi connectivity index (χ2n) is 5.74. The van der Waals surface area contributed by atoms with Gasteiger partial charge < -0.3 is 0 Å². The van der Waals surface area contributed by atoms with Crippen LogP contribution in [0.1, 0.15) is 20.7 Å². The summed E-state index contributed by atoms with van der Waals surface area (Å²) in [5, 5.41) is 0. The number of para-hydroxylation sites is 2. The van der Waals surface area contributed by atoms with Crippen molar-refractivity contribution in [2.75, 3.05) is 4.90 Å². The number of hydrogen-bond donors (Lipinski definition) is 1. The van der Waals surface area contributed by atoms with Gasteiger partial charge in [-0.2, -0.15) is 0 Å². The van der Waals surface area contributed by atoms with Crippen LogP contribution in [0.15, 0.2) is 59.4 Å². The fraction of sp³-hybridized carbons (Fsp3) is 0. The average Bonchev–Trinajstić information content (AvgIpc) is 3.10. The van der Waals surface area contributed by atoms with E-state index in [0.717, 1.165) is 4.90 Å². The third-order valence-electron chi connectivity index (χ3n) is 4.31. The van der Waals surface area contributed by atoms with Crippen molar-refractivity contribution in [2.24, 2.45) is 0 Å². The minimum absolute atomic E-state index is 0.179. The van der Waals surface area contributed by atoms with Crippen molar-refractivity contribution >= 4 is 34.4 Å². The third-order valence-corrected chi connectivity index (χ3v) is 4.31. The maximum absolute atomic E-state index is 12.8. The predicted octanol–water partition coefficient (Wildman–Crippen LogP) is 1.98. The molecule has 120 valence electrons. The van der Waals surface area contributed by atoms with Gasteiger partial charge in [0.2, 0.25) is 5.78 Å². The van der Waals surface area contributed by atoms with Crippen LogP contribution in [0.3, 0.4) is 0 Å². The normalized spacial score (nSPS) is 13.8. The Bertz CT molecular complexity index is 1230. The molecule has 2 aromatic heterocycles. The van der Waals surface area contributed by atoms with Crippen molar-refractivity contribution in [1.82, 2.24) is 14.4 Å². The molecule has 0 bridgehead atoms. The van der Waals surface area contributed by atoms with Crippen LogP contribution in [-0.4, -0.2) is 26.2 Å². The topological polar surface area (TPSA) is 87.5 Å². The number of carbonyl (C=O) groups is 2. The number of imidazole rings is 1. The molecule has 0 spiro atoms. The Labute approximate surface area is 140 Å². The molecular formula is C18H10N4O3. The van der Waals surface area contributed by atoms with Gasteiger partial charge in [-0.25, -0.2) is 9.88 Å². The highest BCUT2D eigenvalue weighted by atomic mass is 16.2. The van der Waals surface area contributed by atoms with E-state index in [2.05, 4.69) is 9.97 Å². The van der Waals surface area contributed by atoms with Gasteiger partial charge in [0.15, 0.2) is 0 Å². The lowest BCUT2D eigenvalue weighted by Crippen LogP contribution is -2.32. The number of amides is 2. The van der Waals surface area contributed by atoms with Crippen LogP contribution in [0.4, 0.5) is 5.82 Å². The number of H-pyrrole nitrogens is 1. The summed E-state index contributed by atoms with van der Waals surface area (Å²) in [6, 6.07) is 15.1. The number of benzene rings is 2. The maximum atomic E-state index is 12.8. The number of hydrogen-bond acceptors (Lipinski definition) is 4. The number of aromatic nitrogens is 3. The molecule has 0 saturated heterocycles. The number of carbonyl (C=O) groups excluding carboxylic acids is 2. The molecule has 0 fully saturated rings. The molecule has 1 aliphatic rings. The molecule has 1 aliphatic heterocycles. The first-order valence-electron chi connectivity index (χ1n) is 7.63. The molecule has 7 nitrogen and oxygen atoms in total. The molecule has 1 N–H and O–H groups in total. The Kier molecular flexibility index (Phi) is 2.54. The van der Waals surface area contributed by atoms with Crippen LogP contribution in [0.5, 0.6) is 0 Å². The number of fused-ring (bicyclic) bond motifs is 4. The molecular weight excluding hydrogens is 320 g/mol. The summed E-state index contributed by atoms with van der Waals surface area (Å²) in [6.07, 6.45) is 0. The van der Waals surface area contributed by atoms with Crippen LogP contribution in [0.2, 0.25) is 0 Å². The second-order valence-corrected chi connectivity index (χ2v) is 5.74. The number of nitrogens with one attached hydrogen (secondary N) is 1. The first kappa shape index (κ1) is 13.7. The van der Waals surface area contributed by atoms with Crippen molar-refractivity contribution in [1.29, 1.82) is 0 Å². The Morgan fingerprint density at radius 3 is 2.20 bits per heavy atom. The molecule has 5 rings (SSSR count). The zero-order chi connectivity index (χ0) is 17.1. The fourth-order valence-electron chi connectivity index (χ4n) is 3.23. The van der Waals surface area contributed by atoms with E-state index in [0.29, 0.717) is 22.2 Å². The number of nitrogens with zero attached hydrogens (tertiary/aromatic N) is 3. The van der Waals surface area contributed by atoms with E-state index in [9.17, 15) is 14.4 Å². The Morgan fingerprint density at radius 1 is 0.840 bits per heavy atom. The van der Waals surface area contributed by atoms with Gasteiger partial charge in [-0.1, -0.05) is 24.3 Å². The van der Waals surface area contributed by atoms with Crippen LogP contribution >= 0.6 is 0 Å². The number of rotatable bonds is 1. The van der Waals surface area contributed by atoms with Crippen molar-refractivity contribution in [3.05, 3.63) is 76.1 Å². The maximum Gasteiger partial charge on any atom is 0.267 e. The van der Waals surface area contributed by atoms with Crippen molar-refractivity contribution in [3.8, 4) is 0 Å². The molecule has 0 aliphatic carbocycles. The van der Waals surface area contributed by atoms with Gasteiger partial charge in [-0.3, -0.25) is 23.8 Å². The smallest absolute Gasteiger partial charge is 0.267 e. The number of imide groups is 1. The summed E-state index contributed by atoms with van der Waals surface area (Å²) in [6.45, 7) is 0. The number of anilines is 1. The monoisotopic (exact) mass is 330 g/mol. The minimum atomic E-state index is -0.453. The van der Waals surface area contributed by atoms with Crippen LogP contribution in [0.25, 0.3) is 16.8 Å². The first-order chi connectivity index (χ1) is 12.1. The quantitative estimate of drug-likeness (QED) is 0.541. The van der Waals surface area contributed by atoms with E-state index in [4.69, 9.17) is 0 Å². The Morgan fingerprint density at radius 2 is 1.48 bits per heavy atom. The lowest BCUT2D eigenvalue weighted by atomic mass is 10.1. The molecule has 2 aromatic carbocycles. The zero-order valence-electron chi connectivity index (χ0n) is 12.8. The largest absolute Gasteiger partial charge is 0.292 e. The van der Waals surface area contributed by atoms with Crippen molar-refractivity contribution in [3.63, 3.8) is 0 Å². The standard InChI is InChI=1S/C18H10N4O3/c23-14-9-15(21-13-8-4-3-7-12(13)19-18(21)20-14)22-16(24)10-5-1-2-6-11(10)17(22)25/h1-9H,(H,19,20,23). The van der Waals surface area contributed by atoms with Crippen LogP contribution in [-0.2, 0) is 0 Å². The lowest BCUT2D eigenvalue weighted by molar-refractivity contribution is 0.0925. The van der Waals surface area contributed by atoms with Crippen molar-refractivity contribution < 1.29 is 9.59 Å². The summed E-state index contributed by atoms with van der Waals surface area (Å²) < 4.78 is 1.61. The van der Waals surface area contributed by atoms with Gasteiger partial charge in [0.1, 0.15) is 5.82 Å². The van der Waals surface area contributed by atoms with Gasteiger partial charge in [0.05, 0.1) is 22.2 Å². The second kappa shape index (κ2) is 4.64. The van der Waals surface area contributed by atoms with Crippen LogP contribution < -0.4 is 10.5 Å². The molecule has 7 heteroatoms. The van der Waals surface area contributed by atoms with Crippen LogP contribution in [0, 0.1) is 0 Å². The Hall–Kier alpha value is -3.74. The summed E-state index contributed by atoms with van der Waals surface area (Å²) in [7, 11) is 0. The van der Waals surface area contributed by atoms with Gasteiger partial charge >= 0.3 is 0 Å². The van der Waals surface area contributed by atoms with E-state index in [-0.39, 0.29) is 11.6 Å². The van der Waals surface area contributed by atoms with E-state index in [1.807, 2.05) is 18.2 Å². The molecule has 0 saturated carbocycles. The van der Waals surface area contributed by atoms with Gasteiger partial charge in [0.25, 0.3) is 17.4 Å².